The molecular formula is C45H28N4PdPt. The Hall–Kier alpha value is -5.17. The van der Waals surface area contributed by atoms with Gasteiger partial charge in [0, 0.05) is 0 Å². The van der Waals surface area contributed by atoms with Crippen molar-refractivity contribution in [2.45, 2.75) is 5.41 Å². The Bertz CT molecular complexity index is 2000. The molecule has 51 heavy (non-hydrogen) atoms. The van der Waals surface area contributed by atoms with E-state index in [0.717, 1.165) is 67.8 Å². The molecule has 0 N–H and O–H groups in total. The van der Waals surface area contributed by atoms with Crippen molar-refractivity contribution >= 4 is 0 Å². The molecule has 8 aromatic rings. The third-order valence-corrected chi connectivity index (χ3v) is 8.47. The van der Waals surface area contributed by atoms with Gasteiger partial charge in [0.1, 0.15) is 5.41 Å². The zero-order chi connectivity index (χ0) is 32.9. The van der Waals surface area contributed by atoms with Crippen LogP contribution in [0.25, 0.3) is 45.0 Å². The van der Waals surface area contributed by atoms with Gasteiger partial charge in [0.2, 0.25) is 0 Å². The second kappa shape index (κ2) is 16.2. The molecule has 248 valence electrons. The van der Waals surface area contributed by atoms with Crippen molar-refractivity contribution < 1.29 is 41.5 Å². The summed E-state index contributed by atoms with van der Waals surface area (Å²) in [5, 5.41) is 0. The molecule has 0 radical (unpaired) electrons. The number of pyridine rings is 4. The van der Waals surface area contributed by atoms with Gasteiger partial charge in [-0.2, -0.15) is 0 Å². The minimum absolute atomic E-state index is 0. The third kappa shape index (κ3) is 7.21. The molecule has 6 heteroatoms. The molecule has 0 unspecified atom stereocenters. The SMILES string of the molecule is [Pd+2].[Pt+2].[c-]1ccccc1-c1cccc(C(c2cccc(-c3[c-]cccc3)n2)(c2cccc(-c3[c-]cccc3)n2)c2cccc(-c3[c-]cccc3)n2)n1. The molecule has 0 bridgehead atoms. The first-order valence-corrected chi connectivity index (χ1v) is 16.1. The van der Waals surface area contributed by atoms with Gasteiger partial charge in [-0.25, -0.2) is 0 Å². The molecule has 0 aliphatic heterocycles. The summed E-state index contributed by atoms with van der Waals surface area (Å²) < 4.78 is 0. The molecule has 0 spiro atoms. The van der Waals surface area contributed by atoms with Crippen molar-refractivity contribution in [1.29, 1.82) is 0 Å². The molecule has 4 heterocycles. The number of hydrogen-bond donors (Lipinski definition) is 0. The first-order valence-electron chi connectivity index (χ1n) is 16.1. The zero-order valence-electron chi connectivity index (χ0n) is 27.1. The van der Waals surface area contributed by atoms with Crippen LogP contribution in [0.1, 0.15) is 22.8 Å². The summed E-state index contributed by atoms with van der Waals surface area (Å²) in [6.07, 6.45) is 0. The average Bonchev–Trinajstić information content (AvgIpc) is 3.20. The van der Waals surface area contributed by atoms with Crippen molar-refractivity contribution in [1.82, 2.24) is 19.9 Å². The summed E-state index contributed by atoms with van der Waals surface area (Å²) >= 11 is 0. The first kappa shape index (κ1) is 35.6. The normalized spacial score (nSPS) is 10.8. The fourth-order valence-electron chi connectivity index (χ4n) is 6.17. The van der Waals surface area contributed by atoms with E-state index in [1.807, 2.05) is 170 Å². The summed E-state index contributed by atoms with van der Waals surface area (Å²) in [7, 11) is 0. The number of aromatic nitrogens is 4. The Morgan fingerprint density at radius 2 is 0.569 bits per heavy atom. The summed E-state index contributed by atoms with van der Waals surface area (Å²) in [6, 6.07) is 69.3. The average molecular weight is 926 g/mol. The van der Waals surface area contributed by atoms with Crippen molar-refractivity contribution in [2.24, 2.45) is 0 Å². The summed E-state index contributed by atoms with van der Waals surface area (Å²) in [5.74, 6) is 0. The molecule has 0 aliphatic rings. The van der Waals surface area contributed by atoms with E-state index >= 15 is 0 Å². The van der Waals surface area contributed by atoms with Crippen LogP contribution in [0.3, 0.4) is 0 Å². The second-order valence-electron chi connectivity index (χ2n) is 11.5. The molecule has 0 saturated heterocycles. The monoisotopic (exact) mass is 925 g/mol. The second-order valence-corrected chi connectivity index (χ2v) is 11.5. The Labute approximate surface area is 326 Å². The standard InChI is InChI=1S/C45H28N4.Pd.Pt/c1-5-17-33(18-6-1)37-25-13-29-41(46-37)45(42-30-14-26-38(47-42)34-19-7-2-8-20-34,43-31-15-27-39(48-43)35-21-9-3-10-22-35)44-32-16-28-40(49-44)36-23-11-4-12-24-36;;/h1-17,19,21,23,25-32H;;/q-4;2*+2. The maximum atomic E-state index is 5.38. The fraction of sp³-hybridized carbons (Fsp3) is 0.0222. The van der Waals surface area contributed by atoms with E-state index in [1.54, 1.807) is 0 Å². The van der Waals surface area contributed by atoms with Crippen LogP contribution in [0.15, 0.2) is 170 Å². The van der Waals surface area contributed by atoms with Crippen molar-refractivity contribution in [3.8, 4) is 45.0 Å². The van der Waals surface area contributed by atoms with Gasteiger partial charge >= 0.3 is 41.5 Å². The number of rotatable bonds is 8. The van der Waals surface area contributed by atoms with E-state index in [9.17, 15) is 0 Å². The molecule has 4 nitrogen and oxygen atoms in total. The molecule has 0 atom stereocenters. The number of benzene rings is 4. The van der Waals surface area contributed by atoms with Crippen molar-refractivity contribution in [3.05, 3.63) is 217 Å². The molecule has 0 saturated carbocycles. The Kier molecular flexibility index (Phi) is 11.3. The predicted molar refractivity (Wildman–Crippen MR) is 193 cm³/mol. The van der Waals surface area contributed by atoms with Crippen LogP contribution in [-0.4, -0.2) is 19.9 Å². The molecule has 4 aromatic carbocycles. The first-order chi connectivity index (χ1) is 24.3. The summed E-state index contributed by atoms with van der Waals surface area (Å²) in [5.41, 5.74) is 8.47. The van der Waals surface area contributed by atoms with Gasteiger partial charge in [-0.05, 0) is 47.0 Å². The molecule has 8 rings (SSSR count). The van der Waals surface area contributed by atoms with E-state index in [4.69, 9.17) is 19.9 Å². The van der Waals surface area contributed by atoms with Crippen LogP contribution in [0.2, 0.25) is 0 Å². The smallest absolute Gasteiger partial charge is 0.299 e. The largest absolute Gasteiger partial charge is 2.00 e. The van der Waals surface area contributed by atoms with Crippen LogP contribution in [-0.2, 0) is 46.9 Å². The van der Waals surface area contributed by atoms with E-state index in [1.165, 1.54) is 0 Å². The molecule has 0 aliphatic carbocycles. The molecular weight excluding hydrogens is 898 g/mol. The zero-order valence-corrected chi connectivity index (χ0v) is 30.9. The Morgan fingerprint density at radius 1 is 0.314 bits per heavy atom. The molecule has 4 aromatic heterocycles. The van der Waals surface area contributed by atoms with E-state index in [2.05, 4.69) is 24.3 Å². The van der Waals surface area contributed by atoms with Crippen LogP contribution < -0.4 is 0 Å². The minimum atomic E-state index is -1.15. The molecule has 0 fully saturated rings. The van der Waals surface area contributed by atoms with Gasteiger partial charge in [0.25, 0.3) is 0 Å². The van der Waals surface area contributed by atoms with Crippen LogP contribution in [0.5, 0.6) is 0 Å². The van der Waals surface area contributed by atoms with Crippen LogP contribution >= 0.6 is 0 Å². The van der Waals surface area contributed by atoms with Gasteiger partial charge < -0.3 is 0 Å². The van der Waals surface area contributed by atoms with Gasteiger partial charge in [-0.3, -0.25) is 19.9 Å². The maximum Gasteiger partial charge on any atom is 2.00 e. The molecule has 0 amide bonds. The van der Waals surface area contributed by atoms with E-state index in [0.29, 0.717) is 0 Å². The maximum absolute atomic E-state index is 5.38. The van der Waals surface area contributed by atoms with Crippen molar-refractivity contribution in [3.63, 3.8) is 0 Å². The predicted octanol–water partition coefficient (Wildman–Crippen LogP) is 9.51. The van der Waals surface area contributed by atoms with Gasteiger partial charge in [-0.1, -0.05) is 48.5 Å². The summed E-state index contributed by atoms with van der Waals surface area (Å²) in [4.78, 5) is 21.5. The number of nitrogens with zero attached hydrogens (tertiary/aromatic N) is 4. The quantitative estimate of drug-likeness (QED) is 0.113. The third-order valence-electron chi connectivity index (χ3n) is 8.47. The van der Waals surface area contributed by atoms with Crippen LogP contribution in [0, 0.1) is 24.3 Å². The Morgan fingerprint density at radius 3 is 0.784 bits per heavy atom. The topological polar surface area (TPSA) is 51.6 Å². The van der Waals surface area contributed by atoms with E-state index < -0.39 is 5.41 Å². The van der Waals surface area contributed by atoms with Gasteiger partial charge in [0.15, 0.2) is 0 Å². The minimum Gasteiger partial charge on any atom is -0.299 e. The Balaban J connectivity index is 0.00000224. The van der Waals surface area contributed by atoms with Gasteiger partial charge in [0.05, 0.1) is 22.8 Å². The van der Waals surface area contributed by atoms with E-state index in [-0.39, 0.29) is 41.5 Å². The number of hydrogen-bond acceptors (Lipinski definition) is 4. The summed E-state index contributed by atoms with van der Waals surface area (Å²) in [6.45, 7) is 0. The fourth-order valence-corrected chi connectivity index (χ4v) is 6.17. The van der Waals surface area contributed by atoms with Gasteiger partial charge in [-0.15, -0.1) is 144 Å². The van der Waals surface area contributed by atoms with Crippen molar-refractivity contribution in [2.75, 3.05) is 0 Å². The van der Waals surface area contributed by atoms with Crippen LogP contribution in [0.4, 0.5) is 0 Å².